The average Bonchev–Trinajstić information content (AvgIpc) is 2.77. The molecular formula is C24H24N2O4S. The highest BCUT2D eigenvalue weighted by Crippen LogP contribution is 2.29. The van der Waals surface area contributed by atoms with Crippen molar-refractivity contribution in [3.05, 3.63) is 77.9 Å². The van der Waals surface area contributed by atoms with E-state index in [0.29, 0.717) is 22.7 Å². The largest absolute Gasteiger partial charge is 0.496 e. The van der Waals surface area contributed by atoms with Crippen LogP contribution < -0.4 is 20.1 Å². The molecular weight excluding hydrogens is 412 g/mol. The fourth-order valence-corrected chi connectivity index (χ4v) is 3.76. The molecule has 7 heteroatoms. The molecule has 0 bridgehead atoms. The standard InChI is InChI=1S/C24H24N2O4S/c1-16-7-4-8-17(13-16)25-22(27)15-31-19-10-5-9-18(14-19)26-24(28)23-20(29-2)11-6-12-21(23)30-3/h4-14H,15H2,1-3H3,(H,25,27)(H,26,28). The van der Waals surface area contributed by atoms with Gasteiger partial charge in [-0.3, -0.25) is 9.59 Å². The zero-order chi connectivity index (χ0) is 22.2. The molecule has 0 atom stereocenters. The number of anilines is 2. The van der Waals surface area contributed by atoms with Crippen molar-refractivity contribution in [2.45, 2.75) is 11.8 Å². The quantitative estimate of drug-likeness (QED) is 0.486. The first-order valence-electron chi connectivity index (χ1n) is 9.62. The van der Waals surface area contributed by atoms with Crippen LogP contribution in [0.2, 0.25) is 0 Å². The Hall–Kier alpha value is -3.45. The molecule has 31 heavy (non-hydrogen) atoms. The summed E-state index contributed by atoms with van der Waals surface area (Å²) in [6.45, 7) is 1.98. The van der Waals surface area contributed by atoms with Crippen LogP contribution in [0.25, 0.3) is 0 Å². The normalized spacial score (nSPS) is 10.3. The Kier molecular flexibility index (Phi) is 7.56. The number of aryl methyl sites for hydroxylation is 1. The third-order valence-electron chi connectivity index (χ3n) is 4.42. The zero-order valence-corrected chi connectivity index (χ0v) is 18.4. The Morgan fingerprint density at radius 1 is 0.839 bits per heavy atom. The van der Waals surface area contributed by atoms with Gasteiger partial charge in [-0.05, 0) is 55.0 Å². The van der Waals surface area contributed by atoms with Gasteiger partial charge in [-0.2, -0.15) is 0 Å². The maximum absolute atomic E-state index is 12.8. The van der Waals surface area contributed by atoms with Crippen molar-refractivity contribution in [2.24, 2.45) is 0 Å². The van der Waals surface area contributed by atoms with E-state index in [0.717, 1.165) is 16.1 Å². The van der Waals surface area contributed by atoms with E-state index in [2.05, 4.69) is 10.6 Å². The van der Waals surface area contributed by atoms with Gasteiger partial charge in [0.25, 0.3) is 5.91 Å². The highest BCUT2D eigenvalue weighted by atomic mass is 32.2. The zero-order valence-electron chi connectivity index (χ0n) is 17.6. The molecule has 0 saturated carbocycles. The van der Waals surface area contributed by atoms with Crippen LogP contribution in [-0.4, -0.2) is 31.8 Å². The van der Waals surface area contributed by atoms with Crippen molar-refractivity contribution in [1.82, 2.24) is 0 Å². The minimum atomic E-state index is -0.339. The highest BCUT2D eigenvalue weighted by molar-refractivity contribution is 8.00. The monoisotopic (exact) mass is 436 g/mol. The van der Waals surface area contributed by atoms with Crippen LogP contribution in [-0.2, 0) is 4.79 Å². The van der Waals surface area contributed by atoms with Crippen LogP contribution in [0.4, 0.5) is 11.4 Å². The average molecular weight is 437 g/mol. The van der Waals surface area contributed by atoms with Gasteiger partial charge in [0.2, 0.25) is 5.91 Å². The number of methoxy groups -OCH3 is 2. The molecule has 0 aromatic heterocycles. The van der Waals surface area contributed by atoms with Crippen molar-refractivity contribution < 1.29 is 19.1 Å². The summed E-state index contributed by atoms with van der Waals surface area (Å²) < 4.78 is 10.6. The van der Waals surface area contributed by atoms with Gasteiger partial charge < -0.3 is 20.1 Å². The summed E-state index contributed by atoms with van der Waals surface area (Å²) in [5, 5.41) is 5.76. The summed E-state index contributed by atoms with van der Waals surface area (Å²) >= 11 is 1.39. The molecule has 0 aliphatic rings. The van der Waals surface area contributed by atoms with Gasteiger partial charge >= 0.3 is 0 Å². The maximum Gasteiger partial charge on any atom is 0.263 e. The molecule has 0 saturated heterocycles. The number of ether oxygens (including phenoxy) is 2. The van der Waals surface area contributed by atoms with Crippen molar-refractivity contribution in [3.8, 4) is 11.5 Å². The van der Waals surface area contributed by atoms with Crippen LogP contribution >= 0.6 is 11.8 Å². The molecule has 0 aliphatic heterocycles. The smallest absolute Gasteiger partial charge is 0.263 e. The second-order valence-corrected chi connectivity index (χ2v) is 7.77. The topological polar surface area (TPSA) is 76.7 Å². The Bertz CT molecular complexity index is 1060. The first-order valence-corrected chi connectivity index (χ1v) is 10.6. The maximum atomic E-state index is 12.8. The fraction of sp³-hybridized carbons (Fsp3) is 0.167. The molecule has 0 unspecified atom stereocenters. The van der Waals surface area contributed by atoms with E-state index >= 15 is 0 Å². The summed E-state index contributed by atoms with van der Waals surface area (Å²) in [4.78, 5) is 26.0. The molecule has 3 aromatic rings. The SMILES string of the molecule is COc1cccc(OC)c1C(=O)Nc1cccc(SCC(=O)Nc2cccc(C)c2)c1. The molecule has 160 valence electrons. The van der Waals surface area contributed by atoms with E-state index in [1.807, 2.05) is 49.4 Å². The Morgan fingerprint density at radius 3 is 2.10 bits per heavy atom. The number of carbonyl (C=O) groups excluding carboxylic acids is 2. The van der Waals surface area contributed by atoms with Crippen LogP contribution in [0, 0.1) is 6.92 Å². The van der Waals surface area contributed by atoms with E-state index in [1.54, 1.807) is 24.3 Å². The number of amides is 2. The molecule has 0 radical (unpaired) electrons. The van der Waals surface area contributed by atoms with E-state index in [-0.39, 0.29) is 17.6 Å². The van der Waals surface area contributed by atoms with Crippen LogP contribution in [0.1, 0.15) is 15.9 Å². The van der Waals surface area contributed by atoms with Crippen LogP contribution in [0.5, 0.6) is 11.5 Å². The molecule has 0 aliphatic carbocycles. The van der Waals surface area contributed by atoms with Gasteiger partial charge in [0.05, 0.1) is 20.0 Å². The molecule has 2 N–H and O–H groups in total. The van der Waals surface area contributed by atoms with Gasteiger partial charge in [-0.1, -0.05) is 24.3 Å². The van der Waals surface area contributed by atoms with Crippen molar-refractivity contribution in [3.63, 3.8) is 0 Å². The van der Waals surface area contributed by atoms with E-state index < -0.39 is 0 Å². The van der Waals surface area contributed by atoms with Crippen molar-refractivity contribution >= 4 is 35.0 Å². The molecule has 3 aromatic carbocycles. The van der Waals surface area contributed by atoms with E-state index in [4.69, 9.17) is 9.47 Å². The third-order valence-corrected chi connectivity index (χ3v) is 5.41. The van der Waals surface area contributed by atoms with E-state index in [9.17, 15) is 9.59 Å². The summed E-state index contributed by atoms with van der Waals surface area (Å²) in [5.74, 6) is 0.675. The van der Waals surface area contributed by atoms with E-state index in [1.165, 1.54) is 26.0 Å². The fourth-order valence-electron chi connectivity index (χ4n) is 3.00. The molecule has 3 rings (SSSR count). The number of hydrogen-bond acceptors (Lipinski definition) is 5. The predicted octanol–water partition coefficient (Wildman–Crippen LogP) is 5.00. The minimum Gasteiger partial charge on any atom is -0.496 e. The molecule has 6 nitrogen and oxygen atoms in total. The van der Waals surface area contributed by atoms with Gasteiger partial charge in [-0.15, -0.1) is 11.8 Å². The van der Waals surface area contributed by atoms with Crippen molar-refractivity contribution in [2.75, 3.05) is 30.6 Å². The Balaban J connectivity index is 1.64. The van der Waals surface area contributed by atoms with Crippen molar-refractivity contribution in [1.29, 1.82) is 0 Å². The van der Waals surface area contributed by atoms with Crippen LogP contribution in [0.15, 0.2) is 71.6 Å². The summed E-state index contributed by atoms with van der Waals surface area (Å²) in [5.41, 5.74) is 2.79. The first-order chi connectivity index (χ1) is 15.0. The van der Waals surface area contributed by atoms with Gasteiger partial charge in [0, 0.05) is 16.3 Å². The summed E-state index contributed by atoms with van der Waals surface area (Å²) in [6.07, 6.45) is 0. The number of thioether (sulfide) groups is 1. The number of nitrogens with one attached hydrogen (secondary N) is 2. The molecule has 0 fully saturated rings. The predicted molar refractivity (Wildman–Crippen MR) is 124 cm³/mol. The Labute approximate surface area is 186 Å². The Morgan fingerprint density at radius 2 is 1.45 bits per heavy atom. The highest BCUT2D eigenvalue weighted by Gasteiger charge is 2.18. The number of carbonyl (C=O) groups is 2. The van der Waals surface area contributed by atoms with Crippen LogP contribution in [0.3, 0.4) is 0 Å². The molecule has 0 spiro atoms. The summed E-state index contributed by atoms with van der Waals surface area (Å²) in [6, 6.07) is 20.2. The second-order valence-electron chi connectivity index (χ2n) is 6.73. The minimum absolute atomic E-state index is 0.0937. The third kappa shape index (κ3) is 6.02. The lowest BCUT2D eigenvalue weighted by Gasteiger charge is -2.13. The lowest BCUT2D eigenvalue weighted by atomic mass is 10.1. The van der Waals surface area contributed by atoms with Gasteiger partial charge in [0.1, 0.15) is 17.1 Å². The number of benzene rings is 3. The lowest BCUT2D eigenvalue weighted by molar-refractivity contribution is -0.113. The number of rotatable bonds is 8. The molecule has 2 amide bonds. The summed E-state index contributed by atoms with van der Waals surface area (Å²) in [7, 11) is 3.01. The molecule has 0 heterocycles. The second kappa shape index (κ2) is 10.5. The lowest BCUT2D eigenvalue weighted by Crippen LogP contribution is -2.15. The number of hydrogen-bond donors (Lipinski definition) is 2. The van der Waals surface area contributed by atoms with Gasteiger partial charge in [-0.25, -0.2) is 0 Å². The van der Waals surface area contributed by atoms with Gasteiger partial charge in [0.15, 0.2) is 0 Å². The first kappa shape index (κ1) is 22.2.